The van der Waals surface area contributed by atoms with Crippen LogP contribution in [0.4, 0.5) is 22.0 Å². The summed E-state index contributed by atoms with van der Waals surface area (Å²) in [5.74, 6) is -1.48. The van der Waals surface area contributed by atoms with Crippen LogP contribution in [-0.4, -0.2) is 4.98 Å². The first-order valence-corrected chi connectivity index (χ1v) is 5.99. The minimum atomic E-state index is -4.47. The van der Waals surface area contributed by atoms with Crippen LogP contribution in [0.1, 0.15) is 22.9 Å². The maximum absolute atomic E-state index is 13.0. The number of hydrogen-bond acceptors (Lipinski definition) is 2. The van der Waals surface area contributed by atoms with Crippen LogP contribution in [-0.2, 0) is 12.6 Å². The van der Waals surface area contributed by atoms with E-state index in [1.54, 1.807) is 0 Å². The number of pyridine rings is 1. The van der Waals surface area contributed by atoms with Gasteiger partial charge in [-0.3, -0.25) is 4.98 Å². The Morgan fingerprint density at radius 1 is 1.05 bits per heavy atom. The Kier molecular flexibility index (Phi) is 4.22. The fourth-order valence-electron chi connectivity index (χ4n) is 1.88. The summed E-state index contributed by atoms with van der Waals surface area (Å²) in [6, 6.07) is 4.23. The highest BCUT2D eigenvalue weighted by atomic mass is 19.4. The van der Waals surface area contributed by atoms with Gasteiger partial charge in [-0.05, 0) is 36.2 Å². The quantitative estimate of drug-likeness (QED) is 0.880. The van der Waals surface area contributed by atoms with Crippen LogP contribution in [0.5, 0.6) is 0 Å². The largest absolute Gasteiger partial charge is 0.417 e. The molecule has 2 nitrogen and oxygen atoms in total. The average molecular weight is 302 g/mol. The molecule has 0 aliphatic rings. The second kappa shape index (κ2) is 5.77. The second-order valence-corrected chi connectivity index (χ2v) is 4.56. The van der Waals surface area contributed by atoms with E-state index >= 15 is 0 Å². The first kappa shape index (κ1) is 15.4. The average Bonchev–Trinajstić information content (AvgIpc) is 2.36. The zero-order valence-corrected chi connectivity index (χ0v) is 10.7. The molecule has 1 aromatic carbocycles. The molecule has 0 amide bonds. The van der Waals surface area contributed by atoms with Gasteiger partial charge in [0, 0.05) is 12.3 Å². The molecule has 0 spiro atoms. The van der Waals surface area contributed by atoms with Crippen LogP contribution >= 0.6 is 0 Å². The van der Waals surface area contributed by atoms with Gasteiger partial charge in [-0.15, -0.1) is 0 Å². The van der Waals surface area contributed by atoms with Gasteiger partial charge in [0.25, 0.3) is 0 Å². The molecule has 0 aliphatic carbocycles. The van der Waals surface area contributed by atoms with Gasteiger partial charge in [0.15, 0.2) is 0 Å². The third kappa shape index (κ3) is 3.98. The number of halogens is 5. The zero-order valence-electron chi connectivity index (χ0n) is 10.7. The van der Waals surface area contributed by atoms with E-state index in [4.69, 9.17) is 5.73 Å². The summed E-state index contributed by atoms with van der Waals surface area (Å²) in [5.41, 5.74) is 5.44. The Morgan fingerprint density at radius 2 is 1.67 bits per heavy atom. The van der Waals surface area contributed by atoms with Crippen LogP contribution in [0, 0.1) is 11.6 Å². The highest BCUT2D eigenvalue weighted by Crippen LogP contribution is 2.29. The van der Waals surface area contributed by atoms with Crippen molar-refractivity contribution in [2.45, 2.75) is 18.6 Å². The first-order valence-electron chi connectivity index (χ1n) is 5.99. The Labute approximate surface area is 117 Å². The van der Waals surface area contributed by atoms with E-state index in [1.807, 2.05) is 0 Å². The summed E-state index contributed by atoms with van der Waals surface area (Å²) >= 11 is 0. The summed E-state index contributed by atoms with van der Waals surface area (Å²) < 4.78 is 63.3. The third-order valence-electron chi connectivity index (χ3n) is 2.87. The molecular weight excluding hydrogens is 291 g/mol. The molecular formula is C14H11F5N2. The fourth-order valence-corrected chi connectivity index (χ4v) is 1.88. The van der Waals surface area contributed by atoms with Gasteiger partial charge in [0.1, 0.15) is 11.6 Å². The molecule has 1 unspecified atom stereocenters. The van der Waals surface area contributed by atoms with Crippen molar-refractivity contribution < 1.29 is 22.0 Å². The lowest BCUT2D eigenvalue weighted by molar-refractivity contribution is -0.137. The van der Waals surface area contributed by atoms with Crippen LogP contribution in [0.3, 0.4) is 0 Å². The SMILES string of the molecule is NC(Cc1cc(F)cc(F)c1)c1ccc(C(F)(F)F)cn1. The van der Waals surface area contributed by atoms with Crippen molar-refractivity contribution in [2.75, 3.05) is 0 Å². The number of rotatable bonds is 3. The molecule has 2 N–H and O–H groups in total. The minimum absolute atomic E-state index is 0.0625. The highest BCUT2D eigenvalue weighted by Gasteiger charge is 2.30. The summed E-state index contributed by atoms with van der Waals surface area (Å²) in [7, 11) is 0. The van der Waals surface area contributed by atoms with Crippen molar-refractivity contribution in [3.05, 3.63) is 65.0 Å². The van der Waals surface area contributed by atoms with E-state index in [2.05, 4.69) is 4.98 Å². The van der Waals surface area contributed by atoms with Crippen molar-refractivity contribution in [2.24, 2.45) is 5.73 Å². The molecule has 0 bridgehead atoms. The monoisotopic (exact) mass is 302 g/mol. The van der Waals surface area contributed by atoms with Crippen molar-refractivity contribution in [1.82, 2.24) is 4.98 Å². The van der Waals surface area contributed by atoms with Gasteiger partial charge in [-0.2, -0.15) is 13.2 Å². The third-order valence-corrected chi connectivity index (χ3v) is 2.87. The molecule has 2 rings (SSSR count). The number of nitrogens with two attached hydrogens (primary N) is 1. The van der Waals surface area contributed by atoms with Gasteiger partial charge < -0.3 is 5.73 Å². The van der Waals surface area contributed by atoms with E-state index in [0.717, 1.165) is 30.3 Å². The molecule has 0 saturated carbocycles. The Morgan fingerprint density at radius 3 is 2.14 bits per heavy atom. The molecule has 0 fully saturated rings. The molecule has 1 atom stereocenters. The Bertz CT molecular complexity index is 602. The van der Waals surface area contributed by atoms with Crippen LogP contribution in [0.25, 0.3) is 0 Å². The molecule has 21 heavy (non-hydrogen) atoms. The van der Waals surface area contributed by atoms with Crippen LogP contribution in [0.2, 0.25) is 0 Å². The zero-order chi connectivity index (χ0) is 15.6. The summed E-state index contributed by atoms with van der Waals surface area (Å²) in [5, 5.41) is 0. The maximum atomic E-state index is 13.0. The summed E-state index contributed by atoms with van der Waals surface area (Å²) in [4.78, 5) is 3.65. The number of hydrogen-bond donors (Lipinski definition) is 1. The normalized spacial score (nSPS) is 13.2. The Hall–Kier alpha value is -2.02. The molecule has 0 saturated heterocycles. The van der Waals surface area contributed by atoms with E-state index in [0.29, 0.717) is 11.8 Å². The predicted molar refractivity (Wildman–Crippen MR) is 66.2 cm³/mol. The number of nitrogens with zero attached hydrogens (tertiary/aromatic N) is 1. The molecule has 1 heterocycles. The van der Waals surface area contributed by atoms with Crippen LogP contribution in [0.15, 0.2) is 36.5 Å². The standard InChI is InChI=1S/C14H11F5N2/c15-10-3-8(4-11(16)6-10)5-12(20)13-2-1-9(7-21-13)14(17,18)19/h1-4,6-7,12H,5,20H2. The van der Waals surface area contributed by atoms with Crippen LogP contribution < -0.4 is 5.73 Å². The molecule has 1 aromatic heterocycles. The fraction of sp³-hybridized carbons (Fsp3) is 0.214. The maximum Gasteiger partial charge on any atom is 0.417 e. The minimum Gasteiger partial charge on any atom is -0.322 e. The van der Waals surface area contributed by atoms with E-state index in [1.165, 1.54) is 0 Å². The summed E-state index contributed by atoms with van der Waals surface area (Å²) in [6.45, 7) is 0. The van der Waals surface area contributed by atoms with Crippen molar-refractivity contribution >= 4 is 0 Å². The molecule has 0 aliphatic heterocycles. The molecule has 7 heteroatoms. The molecule has 112 valence electrons. The van der Waals surface area contributed by atoms with E-state index < -0.39 is 29.4 Å². The topological polar surface area (TPSA) is 38.9 Å². The van der Waals surface area contributed by atoms with Gasteiger partial charge in [0.2, 0.25) is 0 Å². The summed E-state index contributed by atoms with van der Waals surface area (Å²) in [6.07, 6.45) is -3.73. The smallest absolute Gasteiger partial charge is 0.322 e. The van der Waals surface area contributed by atoms with E-state index in [-0.39, 0.29) is 12.1 Å². The Balaban J connectivity index is 2.15. The molecule has 0 radical (unpaired) electrons. The van der Waals surface area contributed by atoms with E-state index in [9.17, 15) is 22.0 Å². The van der Waals surface area contributed by atoms with Crippen molar-refractivity contribution in [1.29, 1.82) is 0 Å². The van der Waals surface area contributed by atoms with Gasteiger partial charge in [-0.25, -0.2) is 8.78 Å². The first-order chi connectivity index (χ1) is 9.75. The highest BCUT2D eigenvalue weighted by molar-refractivity contribution is 5.23. The van der Waals surface area contributed by atoms with Gasteiger partial charge in [-0.1, -0.05) is 0 Å². The lowest BCUT2D eigenvalue weighted by Crippen LogP contribution is -2.16. The van der Waals surface area contributed by atoms with Gasteiger partial charge >= 0.3 is 6.18 Å². The van der Waals surface area contributed by atoms with Gasteiger partial charge in [0.05, 0.1) is 17.3 Å². The second-order valence-electron chi connectivity index (χ2n) is 4.56. The lowest BCUT2D eigenvalue weighted by atomic mass is 10.0. The number of benzene rings is 1. The van der Waals surface area contributed by atoms with Crippen molar-refractivity contribution in [3.63, 3.8) is 0 Å². The predicted octanol–water partition coefficient (Wildman–Crippen LogP) is 3.62. The molecule has 2 aromatic rings. The lowest BCUT2D eigenvalue weighted by Gasteiger charge is -2.13. The van der Waals surface area contributed by atoms with Crippen molar-refractivity contribution in [3.8, 4) is 0 Å². The number of alkyl halides is 3. The number of aromatic nitrogens is 1.